The Labute approximate surface area is 182 Å². The molecule has 0 spiro atoms. The van der Waals surface area contributed by atoms with E-state index >= 15 is 0 Å². The first-order chi connectivity index (χ1) is 13.8. The van der Waals surface area contributed by atoms with Crippen molar-refractivity contribution >= 4 is 0 Å². The molecular weight excluding hydrogens is 356 g/mol. The lowest BCUT2D eigenvalue weighted by molar-refractivity contribution is -0.131. The van der Waals surface area contributed by atoms with Crippen molar-refractivity contribution in [1.29, 1.82) is 0 Å². The maximum atomic E-state index is 6.06. The zero-order chi connectivity index (χ0) is 21.9. The number of ether oxygens (including phenoxy) is 2. The first-order valence-corrected chi connectivity index (χ1v) is 11.7. The molecule has 168 valence electrons. The standard InChI is InChI=1S/C27H48O2/c1-8-9-10-11-18-27(28-21-19-25(6)16-12-14-23(2)3)29-22-20-26(7)17-13-15-24(4)5/h14-15,19-20,27H,8-13,16-18,21-22H2,1-7H3. The molecule has 0 aliphatic carbocycles. The summed E-state index contributed by atoms with van der Waals surface area (Å²) < 4.78 is 12.1. The van der Waals surface area contributed by atoms with Gasteiger partial charge in [0.15, 0.2) is 6.29 Å². The normalized spacial score (nSPS) is 13.3. The van der Waals surface area contributed by atoms with Crippen LogP contribution in [0.5, 0.6) is 0 Å². The summed E-state index contributed by atoms with van der Waals surface area (Å²) in [6.07, 6.45) is 19.3. The monoisotopic (exact) mass is 404 g/mol. The summed E-state index contributed by atoms with van der Waals surface area (Å²) in [7, 11) is 0. The first-order valence-electron chi connectivity index (χ1n) is 11.7. The van der Waals surface area contributed by atoms with E-state index in [2.05, 4.69) is 72.8 Å². The van der Waals surface area contributed by atoms with Crippen LogP contribution in [0.15, 0.2) is 46.6 Å². The van der Waals surface area contributed by atoms with Crippen molar-refractivity contribution in [2.24, 2.45) is 0 Å². The van der Waals surface area contributed by atoms with E-state index in [1.165, 1.54) is 48.0 Å². The van der Waals surface area contributed by atoms with Crippen molar-refractivity contribution in [3.8, 4) is 0 Å². The van der Waals surface area contributed by atoms with E-state index < -0.39 is 0 Å². The van der Waals surface area contributed by atoms with Crippen LogP contribution in [-0.2, 0) is 9.47 Å². The van der Waals surface area contributed by atoms with Crippen molar-refractivity contribution in [2.75, 3.05) is 13.2 Å². The molecule has 0 aliphatic rings. The van der Waals surface area contributed by atoms with E-state index in [-0.39, 0.29) is 6.29 Å². The Kier molecular flexibility index (Phi) is 18.2. The van der Waals surface area contributed by atoms with E-state index in [4.69, 9.17) is 9.47 Å². The quantitative estimate of drug-likeness (QED) is 0.137. The Morgan fingerprint density at radius 1 is 0.655 bits per heavy atom. The van der Waals surface area contributed by atoms with Gasteiger partial charge in [-0.1, -0.05) is 72.8 Å². The molecule has 0 aromatic rings. The van der Waals surface area contributed by atoms with Crippen molar-refractivity contribution < 1.29 is 9.47 Å². The second-order valence-corrected chi connectivity index (χ2v) is 8.69. The zero-order valence-corrected chi connectivity index (χ0v) is 20.5. The molecule has 29 heavy (non-hydrogen) atoms. The molecule has 0 saturated heterocycles. The van der Waals surface area contributed by atoms with Crippen LogP contribution >= 0.6 is 0 Å². The van der Waals surface area contributed by atoms with Gasteiger partial charge in [-0.2, -0.15) is 0 Å². The van der Waals surface area contributed by atoms with Gasteiger partial charge in [-0.15, -0.1) is 0 Å². The summed E-state index contributed by atoms with van der Waals surface area (Å²) in [6, 6.07) is 0. The molecule has 2 nitrogen and oxygen atoms in total. The molecule has 0 aromatic carbocycles. The Balaban J connectivity index is 4.42. The summed E-state index contributed by atoms with van der Waals surface area (Å²) in [4.78, 5) is 0. The van der Waals surface area contributed by atoms with E-state index in [9.17, 15) is 0 Å². The first kappa shape index (κ1) is 27.9. The van der Waals surface area contributed by atoms with Crippen LogP contribution in [0.4, 0.5) is 0 Å². The lowest BCUT2D eigenvalue weighted by Crippen LogP contribution is -2.18. The maximum Gasteiger partial charge on any atom is 0.158 e. The third kappa shape index (κ3) is 19.9. The number of rotatable bonds is 17. The fourth-order valence-corrected chi connectivity index (χ4v) is 2.93. The van der Waals surface area contributed by atoms with Crippen molar-refractivity contribution in [1.82, 2.24) is 0 Å². The average Bonchev–Trinajstić information content (AvgIpc) is 2.64. The minimum atomic E-state index is -0.101. The van der Waals surface area contributed by atoms with E-state index in [1.807, 2.05) is 0 Å². The van der Waals surface area contributed by atoms with Gasteiger partial charge in [0, 0.05) is 0 Å². The molecule has 0 amide bonds. The van der Waals surface area contributed by atoms with Gasteiger partial charge >= 0.3 is 0 Å². The van der Waals surface area contributed by atoms with Gasteiger partial charge in [0.2, 0.25) is 0 Å². The number of hydrogen-bond acceptors (Lipinski definition) is 2. The predicted molar refractivity (Wildman–Crippen MR) is 129 cm³/mol. The van der Waals surface area contributed by atoms with Gasteiger partial charge in [-0.25, -0.2) is 0 Å². The Morgan fingerprint density at radius 2 is 1.14 bits per heavy atom. The molecule has 0 saturated carbocycles. The number of unbranched alkanes of at least 4 members (excludes halogenated alkanes) is 3. The van der Waals surface area contributed by atoms with Crippen molar-refractivity contribution in [3.05, 3.63) is 46.6 Å². The van der Waals surface area contributed by atoms with Gasteiger partial charge in [-0.3, -0.25) is 0 Å². The molecular formula is C27H48O2. The SMILES string of the molecule is CCCCCCC(OCC=C(C)CCC=C(C)C)OCC=C(C)CCC=C(C)C. The molecule has 0 heterocycles. The molecule has 0 aliphatic heterocycles. The predicted octanol–water partition coefficient (Wildman–Crippen LogP) is 8.70. The van der Waals surface area contributed by atoms with E-state index in [0.717, 1.165) is 32.1 Å². The molecule has 0 fully saturated rings. The highest BCUT2D eigenvalue weighted by atomic mass is 16.7. The summed E-state index contributed by atoms with van der Waals surface area (Å²) in [5.74, 6) is 0. The van der Waals surface area contributed by atoms with Crippen LogP contribution in [-0.4, -0.2) is 19.5 Å². The smallest absolute Gasteiger partial charge is 0.158 e. The molecule has 0 N–H and O–H groups in total. The van der Waals surface area contributed by atoms with Crippen LogP contribution in [0, 0.1) is 0 Å². The van der Waals surface area contributed by atoms with Crippen molar-refractivity contribution in [3.63, 3.8) is 0 Å². The fraction of sp³-hybridized carbons (Fsp3) is 0.704. The minimum absolute atomic E-state index is 0.101. The number of allylic oxidation sites excluding steroid dienone is 6. The van der Waals surface area contributed by atoms with Crippen LogP contribution in [0.1, 0.15) is 106 Å². The van der Waals surface area contributed by atoms with Gasteiger partial charge < -0.3 is 9.47 Å². The highest BCUT2D eigenvalue weighted by Crippen LogP contribution is 2.13. The second-order valence-electron chi connectivity index (χ2n) is 8.69. The molecule has 0 rings (SSSR count). The van der Waals surface area contributed by atoms with E-state index in [0.29, 0.717) is 13.2 Å². The Hall–Kier alpha value is -1.12. The fourth-order valence-electron chi connectivity index (χ4n) is 2.93. The number of hydrogen-bond donors (Lipinski definition) is 0. The largest absolute Gasteiger partial charge is 0.349 e. The third-order valence-electron chi connectivity index (χ3n) is 4.90. The lowest BCUT2D eigenvalue weighted by Gasteiger charge is -2.17. The van der Waals surface area contributed by atoms with Gasteiger partial charge in [0.1, 0.15) is 0 Å². The van der Waals surface area contributed by atoms with Crippen LogP contribution < -0.4 is 0 Å². The summed E-state index contributed by atoms with van der Waals surface area (Å²) >= 11 is 0. The topological polar surface area (TPSA) is 18.5 Å². The highest BCUT2D eigenvalue weighted by Gasteiger charge is 2.08. The molecule has 0 aromatic heterocycles. The molecule has 0 atom stereocenters. The summed E-state index contributed by atoms with van der Waals surface area (Å²) in [5, 5.41) is 0. The minimum Gasteiger partial charge on any atom is -0.349 e. The van der Waals surface area contributed by atoms with Crippen LogP contribution in [0.2, 0.25) is 0 Å². The summed E-state index contributed by atoms with van der Waals surface area (Å²) in [5.41, 5.74) is 5.56. The third-order valence-corrected chi connectivity index (χ3v) is 4.90. The van der Waals surface area contributed by atoms with Crippen LogP contribution in [0.3, 0.4) is 0 Å². The zero-order valence-electron chi connectivity index (χ0n) is 20.5. The van der Waals surface area contributed by atoms with Gasteiger partial charge in [0.05, 0.1) is 13.2 Å². The highest BCUT2D eigenvalue weighted by molar-refractivity contribution is 5.03. The molecule has 0 unspecified atom stereocenters. The van der Waals surface area contributed by atoms with Gasteiger partial charge in [-0.05, 0) is 80.1 Å². The Bertz CT molecular complexity index is 473. The molecule has 0 bridgehead atoms. The van der Waals surface area contributed by atoms with Crippen molar-refractivity contribution in [2.45, 2.75) is 113 Å². The maximum absolute atomic E-state index is 6.06. The second kappa shape index (κ2) is 18.9. The average molecular weight is 405 g/mol. The molecule has 2 heteroatoms. The summed E-state index contributed by atoms with van der Waals surface area (Å²) in [6.45, 7) is 16.5. The van der Waals surface area contributed by atoms with Gasteiger partial charge in [0.25, 0.3) is 0 Å². The van der Waals surface area contributed by atoms with E-state index in [1.54, 1.807) is 0 Å². The lowest BCUT2D eigenvalue weighted by atomic mass is 10.1. The van der Waals surface area contributed by atoms with Crippen LogP contribution in [0.25, 0.3) is 0 Å². The Morgan fingerprint density at radius 3 is 1.55 bits per heavy atom. The molecule has 0 radical (unpaired) electrons.